The Balaban J connectivity index is 0.000000292. The molecule has 0 saturated heterocycles. The van der Waals surface area contributed by atoms with Crippen LogP contribution >= 0.6 is 0 Å². The fourth-order valence-corrected chi connectivity index (χ4v) is 0.932. The van der Waals surface area contributed by atoms with Gasteiger partial charge < -0.3 is 0 Å². The molecule has 1 unspecified atom stereocenters. The molecule has 1 nitrogen and oxygen atoms in total. The lowest BCUT2D eigenvalue weighted by Gasteiger charge is -1.94. The first-order chi connectivity index (χ1) is 5.35. The molecule has 0 aromatic carbocycles. The van der Waals surface area contributed by atoms with E-state index in [1.165, 1.54) is 19.3 Å². The highest BCUT2D eigenvalue weighted by Crippen LogP contribution is 2.11. The van der Waals surface area contributed by atoms with Gasteiger partial charge in [0, 0.05) is 0 Å². The molecule has 11 heavy (non-hydrogen) atoms. The Morgan fingerprint density at radius 3 is 2.55 bits per heavy atom. The molecular formula is C10H19N. The van der Waals surface area contributed by atoms with Crippen molar-refractivity contribution in [1.82, 2.24) is 0 Å². The molecular weight excluding hydrogens is 134 g/mol. The predicted molar refractivity (Wildman–Crippen MR) is 52.3 cm³/mol. The molecule has 0 aromatic heterocycles. The molecule has 1 rings (SSSR count). The van der Waals surface area contributed by atoms with Crippen LogP contribution in [0, 0.1) is 0 Å². The zero-order valence-corrected chi connectivity index (χ0v) is 7.88. The van der Waals surface area contributed by atoms with Gasteiger partial charge in [-0.1, -0.05) is 32.4 Å². The third-order valence-corrected chi connectivity index (χ3v) is 1.33. The number of hydrogen-bond acceptors (Lipinski definition) is 1. The van der Waals surface area contributed by atoms with E-state index in [-0.39, 0.29) is 0 Å². The van der Waals surface area contributed by atoms with Gasteiger partial charge in [-0.3, -0.25) is 4.99 Å². The van der Waals surface area contributed by atoms with Crippen molar-refractivity contribution in [3.8, 4) is 0 Å². The average Bonchev–Trinajstić information content (AvgIpc) is 2.42. The second-order valence-electron chi connectivity index (χ2n) is 2.69. The Hall–Kier alpha value is -0.590. The van der Waals surface area contributed by atoms with Gasteiger partial charge in [-0.15, -0.1) is 0 Å². The first kappa shape index (κ1) is 10.4. The zero-order valence-electron chi connectivity index (χ0n) is 7.88. The second-order valence-corrected chi connectivity index (χ2v) is 2.69. The summed E-state index contributed by atoms with van der Waals surface area (Å²) < 4.78 is 0. The SMILES string of the molecule is CC=NC1C=CCC1.CCC. The van der Waals surface area contributed by atoms with Crippen LogP contribution < -0.4 is 0 Å². The van der Waals surface area contributed by atoms with E-state index >= 15 is 0 Å². The molecule has 0 spiro atoms. The number of rotatable bonds is 1. The summed E-state index contributed by atoms with van der Waals surface area (Å²) in [5, 5.41) is 0. The van der Waals surface area contributed by atoms with E-state index in [4.69, 9.17) is 0 Å². The van der Waals surface area contributed by atoms with Gasteiger partial charge in [-0.2, -0.15) is 0 Å². The summed E-state index contributed by atoms with van der Waals surface area (Å²) in [6.07, 6.45) is 9.91. The van der Waals surface area contributed by atoms with E-state index in [1.54, 1.807) is 0 Å². The number of hydrogen-bond donors (Lipinski definition) is 0. The van der Waals surface area contributed by atoms with Crippen LogP contribution in [0.15, 0.2) is 17.1 Å². The molecule has 0 amide bonds. The fraction of sp³-hybridized carbons (Fsp3) is 0.700. The summed E-state index contributed by atoms with van der Waals surface area (Å²) in [7, 11) is 0. The summed E-state index contributed by atoms with van der Waals surface area (Å²) >= 11 is 0. The van der Waals surface area contributed by atoms with E-state index in [9.17, 15) is 0 Å². The topological polar surface area (TPSA) is 12.4 Å². The van der Waals surface area contributed by atoms with Crippen LogP contribution in [-0.4, -0.2) is 12.3 Å². The Kier molecular flexibility index (Phi) is 7.11. The smallest absolute Gasteiger partial charge is 0.0678 e. The summed E-state index contributed by atoms with van der Waals surface area (Å²) in [5.41, 5.74) is 0. The van der Waals surface area contributed by atoms with Crippen molar-refractivity contribution in [2.75, 3.05) is 0 Å². The van der Waals surface area contributed by atoms with E-state index < -0.39 is 0 Å². The summed E-state index contributed by atoms with van der Waals surface area (Å²) in [4.78, 5) is 4.21. The van der Waals surface area contributed by atoms with Crippen molar-refractivity contribution in [1.29, 1.82) is 0 Å². The van der Waals surface area contributed by atoms with Gasteiger partial charge in [0.15, 0.2) is 0 Å². The average molecular weight is 153 g/mol. The monoisotopic (exact) mass is 153 g/mol. The molecule has 0 N–H and O–H groups in total. The lowest BCUT2D eigenvalue weighted by Crippen LogP contribution is -1.92. The third kappa shape index (κ3) is 5.84. The molecule has 0 bridgehead atoms. The summed E-state index contributed by atoms with van der Waals surface area (Å²) in [6.45, 7) is 6.21. The van der Waals surface area contributed by atoms with Crippen LogP contribution in [0.5, 0.6) is 0 Å². The molecule has 0 radical (unpaired) electrons. The number of nitrogens with zero attached hydrogens (tertiary/aromatic N) is 1. The second kappa shape index (κ2) is 7.52. The van der Waals surface area contributed by atoms with Crippen molar-refractivity contribution in [3.05, 3.63) is 12.2 Å². The summed E-state index contributed by atoms with van der Waals surface area (Å²) in [6, 6.07) is 0.500. The maximum absolute atomic E-state index is 4.21. The molecule has 1 aliphatic carbocycles. The molecule has 0 aromatic rings. The highest BCUT2D eigenvalue weighted by atomic mass is 14.8. The normalized spacial score (nSPS) is 21.9. The van der Waals surface area contributed by atoms with Crippen molar-refractivity contribution in [2.45, 2.75) is 46.1 Å². The van der Waals surface area contributed by atoms with Gasteiger partial charge in [-0.05, 0) is 26.0 Å². The zero-order chi connectivity index (χ0) is 8.53. The van der Waals surface area contributed by atoms with Gasteiger partial charge >= 0.3 is 0 Å². The van der Waals surface area contributed by atoms with Crippen molar-refractivity contribution in [2.24, 2.45) is 4.99 Å². The number of aliphatic imine (C=N–C) groups is 1. The molecule has 0 fully saturated rings. The Morgan fingerprint density at radius 2 is 2.18 bits per heavy atom. The largest absolute Gasteiger partial charge is 0.290 e. The van der Waals surface area contributed by atoms with E-state index in [0.717, 1.165) is 0 Å². The van der Waals surface area contributed by atoms with Crippen molar-refractivity contribution < 1.29 is 0 Å². The van der Waals surface area contributed by atoms with Crippen LogP contribution in [0.2, 0.25) is 0 Å². The van der Waals surface area contributed by atoms with E-state index in [0.29, 0.717) is 6.04 Å². The lowest BCUT2D eigenvalue weighted by atomic mass is 10.3. The van der Waals surface area contributed by atoms with Crippen LogP contribution in [0.4, 0.5) is 0 Å². The maximum atomic E-state index is 4.21. The maximum Gasteiger partial charge on any atom is 0.0678 e. The first-order valence-corrected chi connectivity index (χ1v) is 4.49. The molecule has 1 atom stereocenters. The van der Waals surface area contributed by atoms with E-state index in [1.807, 2.05) is 13.1 Å². The molecule has 0 aliphatic heterocycles. The first-order valence-electron chi connectivity index (χ1n) is 4.49. The standard InChI is InChI=1S/C7H11N.C3H8/c1-2-8-7-5-3-4-6-7;1-3-2/h2-3,5,7H,4,6H2,1H3;3H2,1-2H3. The Labute approximate surface area is 70.2 Å². The van der Waals surface area contributed by atoms with Crippen LogP contribution in [0.1, 0.15) is 40.0 Å². The molecule has 0 saturated carbocycles. The lowest BCUT2D eigenvalue weighted by molar-refractivity contribution is 0.785. The molecule has 1 aliphatic rings. The van der Waals surface area contributed by atoms with Gasteiger partial charge in [0.25, 0.3) is 0 Å². The molecule has 64 valence electrons. The minimum Gasteiger partial charge on any atom is -0.290 e. The van der Waals surface area contributed by atoms with Crippen LogP contribution in [0.3, 0.4) is 0 Å². The van der Waals surface area contributed by atoms with Gasteiger partial charge in [0.2, 0.25) is 0 Å². The Bertz CT molecular complexity index is 125. The predicted octanol–water partition coefficient (Wildman–Crippen LogP) is 3.21. The molecule has 1 heteroatoms. The summed E-state index contributed by atoms with van der Waals surface area (Å²) in [5.74, 6) is 0. The van der Waals surface area contributed by atoms with E-state index in [2.05, 4.69) is 31.0 Å². The quantitative estimate of drug-likeness (QED) is 0.405. The van der Waals surface area contributed by atoms with Gasteiger partial charge in [0.05, 0.1) is 6.04 Å². The highest BCUT2D eigenvalue weighted by molar-refractivity contribution is 5.53. The van der Waals surface area contributed by atoms with Crippen LogP contribution in [0.25, 0.3) is 0 Å². The van der Waals surface area contributed by atoms with Crippen LogP contribution in [-0.2, 0) is 0 Å². The van der Waals surface area contributed by atoms with Gasteiger partial charge in [-0.25, -0.2) is 0 Å². The minimum atomic E-state index is 0.500. The van der Waals surface area contributed by atoms with Crippen molar-refractivity contribution in [3.63, 3.8) is 0 Å². The Morgan fingerprint density at radius 1 is 1.55 bits per heavy atom. The minimum absolute atomic E-state index is 0.500. The number of allylic oxidation sites excluding steroid dienone is 1. The van der Waals surface area contributed by atoms with Gasteiger partial charge in [0.1, 0.15) is 0 Å². The van der Waals surface area contributed by atoms with Crippen molar-refractivity contribution >= 4 is 6.21 Å². The third-order valence-electron chi connectivity index (χ3n) is 1.33. The fourth-order valence-electron chi connectivity index (χ4n) is 0.932. The molecule has 0 heterocycles. The highest BCUT2D eigenvalue weighted by Gasteiger charge is 2.03.